The molecule has 0 bridgehead atoms. The van der Waals surface area contributed by atoms with Gasteiger partial charge >= 0.3 is 0 Å². The minimum atomic E-state index is 0.584. The molecule has 19 heavy (non-hydrogen) atoms. The molecule has 1 aliphatic rings. The molecule has 0 aliphatic heterocycles. The average Bonchev–Trinajstić information content (AvgIpc) is 3.12. The van der Waals surface area contributed by atoms with E-state index < -0.39 is 0 Å². The Balaban J connectivity index is 1.92. The molecule has 3 rings (SSSR count). The zero-order valence-corrected chi connectivity index (χ0v) is 11.7. The Labute approximate surface area is 117 Å². The van der Waals surface area contributed by atoms with Gasteiger partial charge < -0.3 is 4.90 Å². The van der Waals surface area contributed by atoms with E-state index in [-0.39, 0.29) is 0 Å². The molecular weight excluding hydrogens is 254 g/mol. The molecule has 0 amide bonds. The lowest BCUT2D eigenvalue weighted by Crippen LogP contribution is -2.26. The highest BCUT2D eigenvalue weighted by Crippen LogP contribution is 2.32. The fourth-order valence-electron chi connectivity index (χ4n) is 2.23. The highest BCUT2D eigenvalue weighted by atomic mass is 32.1. The first-order chi connectivity index (χ1) is 9.26. The van der Waals surface area contributed by atoms with E-state index in [4.69, 9.17) is 5.26 Å². The second kappa shape index (κ2) is 5.02. The van der Waals surface area contributed by atoms with E-state index in [0.717, 1.165) is 18.1 Å². The maximum Gasteiger partial charge on any atom is 0.130 e. The zero-order valence-electron chi connectivity index (χ0n) is 10.8. The second-order valence-corrected chi connectivity index (χ2v) is 5.74. The zero-order chi connectivity index (χ0) is 13.2. The molecule has 2 aromatic rings. The number of pyridine rings is 1. The number of hydrogen-bond acceptors (Lipinski definition) is 4. The monoisotopic (exact) mass is 269 g/mol. The van der Waals surface area contributed by atoms with Crippen LogP contribution in [0.1, 0.15) is 29.7 Å². The maximum absolute atomic E-state index is 9.08. The predicted molar refractivity (Wildman–Crippen MR) is 77.2 cm³/mol. The van der Waals surface area contributed by atoms with E-state index in [0.29, 0.717) is 11.6 Å². The van der Waals surface area contributed by atoms with E-state index in [1.165, 1.54) is 18.4 Å². The van der Waals surface area contributed by atoms with Crippen LogP contribution in [0.25, 0.3) is 0 Å². The maximum atomic E-state index is 9.08. The van der Waals surface area contributed by atoms with Crippen LogP contribution < -0.4 is 4.90 Å². The summed E-state index contributed by atoms with van der Waals surface area (Å²) in [7, 11) is 0. The lowest BCUT2D eigenvalue weighted by atomic mass is 10.2. The Kier molecular flexibility index (Phi) is 3.22. The number of aryl methyl sites for hydroxylation is 1. The second-order valence-electron chi connectivity index (χ2n) is 4.96. The normalized spacial score (nSPS) is 14.1. The summed E-state index contributed by atoms with van der Waals surface area (Å²) in [6.45, 7) is 2.83. The van der Waals surface area contributed by atoms with E-state index in [9.17, 15) is 0 Å². The molecular formula is C15H15N3S. The van der Waals surface area contributed by atoms with Gasteiger partial charge in [-0.05, 0) is 54.3 Å². The van der Waals surface area contributed by atoms with Gasteiger partial charge in [-0.1, -0.05) is 0 Å². The number of rotatable bonds is 4. The number of nitrogens with zero attached hydrogens (tertiary/aromatic N) is 3. The summed E-state index contributed by atoms with van der Waals surface area (Å²) in [6, 6.07) is 8.69. The Morgan fingerprint density at radius 3 is 2.95 bits per heavy atom. The first kappa shape index (κ1) is 12.2. The van der Waals surface area contributed by atoms with Gasteiger partial charge in [-0.15, -0.1) is 0 Å². The SMILES string of the molecule is Cc1cc(C#N)cc(N(Cc2ccsc2)C2CC2)n1. The third-order valence-corrected chi connectivity index (χ3v) is 4.02. The van der Waals surface area contributed by atoms with Crippen molar-refractivity contribution in [1.29, 1.82) is 5.26 Å². The first-order valence-electron chi connectivity index (χ1n) is 6.43. The summed E-state index contributed by atoms with van der Waals surface area (Å²) >= 11 is 1.72. The van der Waals surface area contributed by atoms with Crippen LogP contribution in [0.5, 0.6) is 0 Å². The number of nitriles is 1. The molecule has 3 nitrogen and oxygen atoms in total. The van der Waals surface area contributed by atoms with Gasteiger partial charge in [0.25, 0.3) is 0 Å². The molecule has 1 aliphatic carbocycles. The molecule has 0 aromatic carbocycles. The van der Waals surface area contributed by atoms with Crippen molar-refractivity contribution in [3.63, 3.8) is 0 Å². The lowest BCUT2D eigenvalue weighted by Gasteiger charge is -2.23. The van der Waals surface area contributed by atoms with Gasteiger partial charge in [0.15, 0.2) is 0 Å². The summed E-state index contributed by atoms with van der Waals surface area (Å²) in [5, 5.41) is 13.4. The first-order valence-corrected chi connectivity index (χ1v) is 7.37. The van der Waals surface area contributed by atoms with Gasteiger partial charge in [0.2, 0.25) is 0 Å². The number of aromatic nitrogens is 1. The number of anilines is 1. The molecule has 96 valence electrons. The van der Waals surface area contributed by atoms with Crippen LogP contribution in [-0.4, -0.2) is 11.0 Å². The quantitative estimate of drug-likeness (QED) is 0.853. The van der Waals surface area contributed by atoms with E-state index >= 15 is 0 Å². The van der Waals surface area contributed by atoms with Crippen LogP contribution in [-0.2, 0) is 6.54 Å². The Hall–Kier alpha value is -1.86. The van der Waals surface area contributed by atoms with E-state index in [1.807, 2.05) is 19.1 Å². The van der Waals surface area contributed by atoms with Gasteiger partial charge in [0, 0.05) is 18.3 Å². The molecule has 0 N–H and O–H groups in total. The van der Waals surface area contributed by atoms with Crippen LogP contribution in [0, 0.1) is 18.3 Å². The summed E-state index contributed by atoms with van der Waals surface area (Å²) in [4.78, 5) is 6.93. The van der Waals surface area contributed by atoms with Crippen molar-refractivity contribution in [2.45, 2.75) is 32.4 Å². The molecule has 1 fully saturated rings. The van der Waals surface area contributed by atoms with Crippen LogP contribution in [0.2, 0.25) is 0 Å². The summed E-state index contributed by atoms with van der Waals surface area (Å²) in [5.41, 5.74) is 2.92. The fraction of sp³-hybridized carbons (Fsp3) is 0.333. The molecule has 0 unspecified atom stereocenters. The smallest absolute Gasteiger partial charge is 0.130 e. The molecule has 2 heterocycles. The van der Waals surface area contributed by atoms with E-state index in [1.54, 1.807) is 11.3 Å². The summed E-state index contributed by atoms with van der Waals surface area (Å²) in [5.74, 6) is 0.935. The van der Waals surface area contributed by atoms with Gasteiger partial charge in [0.1, 0.15) is 5.82 Å². The van der Waals surface area contributed by atoms with Crippen molar-refractivity contribution < 1.29 is 0 Å². The van der Waals surface area contributed by atoms with Crippen molar-refractivity contribution in [3.05, 3.63) is 45.8 Å². The minimum absolute atomic E-state index is 0.584. The Morgan fingerprint density at radius 2 is 2.32 bits per heavy atom. The topological polar surface area (TPSA) is 39.9 Å². The fourth-order valence-corrected chi connectivity index (χ4v) is 2.89. The number of hydrogen-bond donors (Lipinski definition) is 0. The van der Waals surface area contributed by atoms with E-state index in [2.05, 4.69) is 32.8 Å². The average molecular weight is 269 g/mol. The van der Waals surface area contributed by atoms with Gasteiger partial charge in [-0.2, -0.15) is 16.6 Å². The van der Waals surface area contributed by atoms with Crippen LogP contribution >= 0.6 is 11.3 Å². The molecule has 0 saturated heterocycles. The van der Waals surface area contributed by atoms with Crippen LogP contribution in [0.15, 0.2) is 29.0 Å². The largest absolute Gasteiger partial charge is 0.349 e. The lowest BCUT2D eigenvalue weighted by molar-refractivity contribution is 0.777. The highest BCUT2D eigenvalue weighted by Gasteiger charge is 2.30. The van der Waals surface area contributed by atoms with Gasteiger partial charge in [-0.3, -0.25) is 0 Å². The van der Waals surface area contributed by atoms with Gasteiger partial charge in [0.05, 0.1) is 11.6 Å². The standard InChI is InChI=1S/C15H15N3S/c1-11-6-13(8-16)7-15(17-11)18(14-2-3-14)9-12-4-5-19-10-12/h4-7,10,14H,2-3,9H2,1H3. The highest BCUT2D eigenvalue weighted by molar-refractivity contribution is 7.07. The minimum Gasteiger partial charge on any atom is -0.349 e. The van der Waals surface area contributed by atoms with Crippen molar-refractivity contribution in [3.8, 4) is 6.07 Å². The van der Waals surface area contributed by atoms with Crippen molar-refractivity contribution in [1.82, 2.24) is 4.98 Å². The number of thiophene rings is 1. The van der Waals surface area contributed by atoms with Gasteiger partial charge in [-0.25, -0.2) is 4.98 Å². The molecule has 0 radical (unpaired) electrons. The molecule has 0 spiro atoms. The summed E-state index contributed by atoms with van der Waals surface area (Å²) in [6.07, 6.45) is 2.45. The predicted octanol–water partition coefficient (Wildman–Crippen LogP) is 3.49. The third kappa shape index (κ3) is 2.77. The molecule has 1 saturated carbocycles. The molecule has 2 aromatic heterocycles. The Bertz CT molecular complexity index is 609. The van der Waals surface area contributed by atoms with Crippen molar-refractivity contribution >= 4 is 17.2 Å². The van der Waals surface area contributed by atoms with Crippen molar-refractivity contribution in [2.24, 2.45) is 0 Å². The molecule has 4 heteroatoms. The van der Waals surface area contributed by atoms with Crippen molar-refractivity contribution in [2.75, 3.05) is 4.90 Å². The van der Waals surface area contributed by atoms with Crippen LogP contribution in [0.3, 0.4) is 0 Å². The third-order valence-electron chi connectivity index (χ3n) is 3.28. The Morgan fingerprint density at radius 1 is 1.47 bits per heavy atom. The summed E-state index contributed by atoms with van der Waals surface area (Å²) < 4.78 is 0. The van der Waals surface area contributed by atoms with Crippen LogP contribution in [0.4, 0.5) is 5.82 Å². The molecule has 0 atom stereocenters.